The van der Waals surface area contributed by atoms with E-state index in [9.17, 15) is 27.2 Å². The Balaban J connectivity index is 1.53. The summed E-state index contributed by atoms with van der Waals surface area (Å²) in [6.07, 6.45) is -3.77. The number of aromatic nitrogens is 2. The van der Waals surface area contributed by atoms with Gasteiger partial charge in [0.15, 0.2) is 0 Å². The van der Waals surface area contributed by atoms with E-state index in [0.29, 0.717) is 11.4 Å². The molecule has 12 heteroatoms. The number of carbonyl (C=O) groups excluding carboxylic acids is 2. The highest BCUT2D eigenvalue weighted by atomic mass is 19.4. The summed E-state index contributed by atoms with van der Waals surface area (Å²) in [7, 11) is 0. The van der Waals surface area contributed by atoms with Crippen LogP contribution in [-0.2, 0) is 6.54 Å². The maximum atomic E-state index is 14.0. The van der Waals surface area contributed by atoms with Crippen LogP contribution in [0.1, 0.15) is 26.4 Å². The van der Waals surface area contributed by atoms with Gasteiger partial charge in [-0.2, -0.15) is 0 Å². The van der Waals surface area contributed by atoms with Crippen LogP contribution in [0.25, 0.3) is 11.3 Å². The van der Waals surface area contributed by atoms with E-state index in [-0.39, 0.29) is 29.2 Å². The van der Waals surface area contributed by atoms with Gasteiger partial charge < -0.3 is 21.1 Å². The molecular formula is C26H19F4N5O3. The van der Waals surface area contributed by atoms with Crippen molar-refractivity contribution in [2.75, 3.05) is 11.1 Å². The van der Waals surface area contributed by atoms with Crippen LogP contribution >= 0.6 is 0 Å². The van der Waals surface area contributed by atoms with Crippen molar-refractivity contribution in [1.29, 1.82) is 0 Å². The number of pyridine rings is 2. The van der Waals surface area contributed by atoms with Crippen LogP contribution in [0.2, 0.25) is 0 Å². The quantitative estimate of drug-likeness (QED) is 0.294. The molecule has 0 fully saturated rings. The second-order valence-corrected chi connectivity index (χ2v) is 7.86. The van der Waals surface area contributed by atoms with Crippen molar-refractivity contribution in [1.82, 2.24) is 15.3 Å². The normalized spacial score (nSPS) is 11.1. The van der Waals surface area contributed by atoms with E-state index < -0.39 is 35.3 Å². The predicted octanol–water partition coefficient (Wildman–Crippen LogP) is 4.95. The first-order valence-electron chi connectivity index (χ1n) is 11.0. The van der Waals surface area contributed by atoms with Crippen molar-refractivity contribution in [3.8, 4) is 17.0 Å². The van der Waals surface area contributed by atoms with Crippen molar-refractivity contribution in [2.24, 2.45) is 0 Å². The van der Waals surface area contributed by atoms with Gasteiger partial charge in [-0.05, 0) is 54.6 Å². The minimum atomic E-state index is -5.07. The lowest BCUT2D eigenvalue weighted by molar-refractivity contribution is -0.274. The van der Waals surface area contributed by atoms with Gasteiger partial charge in [0.1, 0.15) is 17.4 Å². The molecule has 0 spiro atoms. The van der Waals surface area contributed by atoms with Crippen LogP contribution < -0.4 is 21.1 Å². The number of nitrogens with zero attached hydrogens (tertiary/aromatic N) is 2. The van der Waals surface area contributed by atoms with Crippen LogP contribution in [0.4, 0.5) is 29.1 Å². The average Bonchev–Trinajstić information content (AvgIpc) is 2.87. The fourth-order valence-electron chi connectivity index (χ4n) is 3.42. The molecule has 0 saturated carbocycles. The monoisotopic (exact) mass is 525 g/mol. The molecule has 0 unspecified atom stereocenters. The molecule has 4 rings (SSSR count). The third-order valence-electron chi connectivity index (χ3n) is 5.14. The van der Waals surface area contributed by atoms with E-state index in [0.717, 1.165) is 18.2 Å². The Kier molecular flexibility index (Phi) is 7.51. The highest BCUT2D eigenvalue weighted by molar-refractivity contribution is 6.07. The number of alkyl halides is 3. The summed E-state index contributed by atoms with van der Waals surface area (Å²) in [6.45, 7) is -0.133. The zero-order chi connectivity index (χ0) is 27.3. The number of amides is 2. The Morgan fingerprint density at radius 1 is 0.947 bits per heavy atom. The molecule has 0 aliphatic heterocycles. The molecule has 0 aliphatic rings. The van der Waals surface area contributed by atoms with Gasteiger partial charge in [-0.25, -0.2) is 9.37 Å². The lowest BCUT2D eigenvalue weighted by Gasteiger charge is -2.15. The van der Waals surface area contributed by atoms with Crippen LogP contribution in [0.15, 0.2) is 79.0 Å². The van der Waals surface area contributed by atoms with E-state index in [2.05, 4.69) is 25.3 Å². The van der Waals surface area contributed by atoms with Crippen molar-refractivity contribution in [2.45, 2.75) is 12.9 Å². The summed E-state index contributed by atoms with van der Waals surface area (Å²) >= 11 is 0. The number of hydrogen-bond donors (Lipinski definition) is 3. The molecule has 194 valence electrons. The molecule has 0 aliphatic carbocycles. The van der Waals surface area contributed by atoms with Crippen molar-refractivity contribution in [3.05, 3.63) is 102 Å². The summed E-state index contributed by atoms with van der Waals surface area (Å²) in [5.74, 6) is -2.71. The van der Waals surface area contributed by atoms with E-state index in [1.807, 2.05) is 0 Å². The molecule has 8 nitrogen and oxygen atoms in total. The summed E-state index contributed by atoms with van der Waals surface area (Å²) in [5, 5.41) is 4.97. The fourth-order valence-corrected chi connectivity index (χ4v) is 3.42. The van der Waals surface area contributed by atoms with E-state index >= 15 is 0 Å². The van der Waals surface area contributed by atoms with E-state index in [1.165, 1.54) is 30.5 Å². The number of anilines is 2. The SMILES string of the molecule is Nc1cccc(CNC(=O)c2cc(C(=O)Nc3ccc(-c4ccccc4F)nc3)ccc2OC(F)(F)F)n1. The lowest BCUT2D eigenvalue weighted by atomic mass is 10.1. The Morgan fingerprint density at radius 3 is 2.42 bits per heavy atom. The lowest BCUT2D eigenvalue weighted by Crippen LogP contribution is -2.26. The van der Waals surface area contributed by atoms with Gasteiger partial charge in [-0.15, -0.1) is 13.2 Å². The third kappa shape index (κ3) is 6.60. The van der Waals surface area contributed by atoms with Crippen molar-refractivity contribution >= 4 is 23.3 Å². The number of benzene rings is 2. The summed E-state index contributed by atoms with van der Waals surface area (Å²) < 4.78 is 56.7. The van der Waals surface area contributed by atoms with Crippen molar-refractivity contribution < 1.29 is 31.9 Å². The van der Waals surface area contributed by atoms with Gasteiger partial charge >= 0.3 is 6.36 Å². The van der Waals surface area contributed by atoms with Gasteiger partial charge in [-0.1, -0.05) is 18.2 Å². The number of nitrogen functional groups attached to an aromatic ring is 1. The number of rotatable bonds is 7. The second-order valence-electron chi connectivity index (χ2n) is 7.86. The van der Waals surface area contributed by atoms with E-state index in [4.69, 9.17) is 5.73 Å². The molecule has 0 radical (unpaired) electrons. The first-order valence-corrected chi connectivity index (χ1v) is 11.0. The van der Waals surface area contributed by atoms with Crippen LogP contribution in [0.5, 0.6) is 5.75 Å². The summed E-state index contributed by atoms with van der Waals surface area (Å²) in [5.41, 5.74) is 6.18. The summed E-state index contributed by atoms with van der Waals surface area (Å²) in [6, 6.07) is 16.6. The molecule has 2 aromatic heterocycles. The average molecular weight is 525 g/mol. The fraction of sp³-hybridized carbons (Fsp3) is 0.0769. The Bertz CT molecular complexity index is 1480. The number of halogens is 4. The first-order chi connectivity index (χ1) is 18.1. The molecule has 2 amide bonds. The molecular weight excluding hydrogens is 506 g/mol. The topological polar surface area (TPSA) is 119 Å². The molecule has 2 aromatic carbocycles. The number of ether oxygens (including phenoxy) is 1. The zero-order valence-electron chi connectivity index (χ0n) is 19.4. The largest absolute Gasteiger partial charge is 0.573 e. The van der Waals surface area contributed by atoms with Crippen molar-refractivity contribution in [3.63, 3.8) is 0 Å². The summed E-state index contributed by atoms with van der Waals surface area (Å²) in [4.78, 5) is 33.7. The van der Waals surface area contributed by atoms with Gasteiger partial charge in [-0.3, -0.25) is 14.6 Å². The third-order valence-corrected chi connectivity index (χ3v) is 5.14. The van der Waals surface area contributed by atoms with Gasteiger partial charge in [0.05, 0.1) is 35.4 Å². The molecule has 0 atom stereocenters. The standard InChI is InChI=1S/C26H19F4N5O3/c27-20-6-2-1-5-18(20)21-10-9-17(13-32-21)35-24(36)15-8-11-22(38-26(28,29)30)19(12-15)25(37)33-14-16-4-3-7-23(31)34-16/h1-13H,14H2,(H2,31,34)(H,33,37)(H,35,36). The molecule has 0 bridgehead atoms. The maximum Gasteiger partial charge on any atom is 0.573 e. The van der Waals surface area contributed by atoms with Gasteiger partial charge in [0.25, 0.3) is 11.8 Å². The Morgan fingerprint density at radius 2 is 1.74 bits per heavy atom. The van der Waals surface area contributed by atoms with Crippen LogP contribution in [0.3, 0.4) is 0 Å². The highest BCUT2D eigenvalue weighted by Crippen LogP contribution is 2.28. The molecule has 4 N–H and O–H groups in total. The van der Waals surface area contributed by atoms with Gasteiger partial charge in [0.2, 0.25) is 0 Å². The number of hydrogen-bond acceptors (Lipinski definition) is 6. The minimum absolute atomic E-state index is 0.120. The molecule has 2 heterocycles. The Labute approximate surface area is 213 Å². The zero-order valence-corrected chi connectivity index (χ0v) is 19.4. The smallest absolute Gasteiger partial charge is 0.405 e. The maximum absolute atomic E-state index is 14.0. The number of carbonyl (C=O) groups is 2. The predicted molar refractivity (Wildman–Crippen MR) is 131 cm³/mol. The highest BCUT2D eigenvalue weighted by Gasteiger charge is 2.33. The molecule has 4 aromatic rings. The van der Waals surface area contributed by atoms with Gasteiger partial charge in [0, 0.05) is 11.1 Å². The second kappa shape index (κ2) is 10.9. The number of nitrogens with one attached hydrogen (secondary N) is 2. The molecule has 0 saturated heterocycles. The Hall–Kier alpha value is -5.00. The number of nitrogens with two attached hydrogens (primary N) is 1. The minimum Gasteiger partial charge on any atom is -0.405 e. The van der Waals surface area contributed by atoms with Crippen LogP contribution in [0, 0.1) is 5.82 Å². The van der Waals surface area contributed by atoms with E-state index in [1.54, 1.807) is 30.3 Å². The first kappa shape index (κ1) is 26.1. The molecule has 38 heavy (non-hydrogen) atoms. The van der Waals surface area contributed by atoms with Crippen LogP contribution in [-0.4, -0.2) is 28.1 Å².